The Balaban J connectivity index is 0.00000120. The van der Waals surface area contributed by atoms with Crippen LogP contribution in [0.4, 0.5) is 0 Å². The van der Waals surface area contributed by atoms with Crippen molar-refractivity contribution < 1.29 is 0 Å². The molecule has 18 heavy (non-hydrogen) atoms. The molecule has 3 rings (SSSR count). The van der Waals surface area contributed by atoms with Gasteiger partial charge in [-0.25, -0.2) is 0 Å². The molecule has 0 radical (unpaired) electrons. The van der Waals surface area contributed by atoms with Gasteiger partial charge >= 0.3 is 0 Å². The maximum absolute atomic E-state index is 6.22. The number of hydrogen-bond donors (Lipinski definition) is 1. The molecule has 3 atom stereocenters. The molecule has 1 saturated heterocycles. The van der Waals surface area contributed by atoms with Crippen molar-refractivity contribution in [1.82, 2.24) is 19.9 Å². The topological polar surface area (TPSA) is 60.0 Å². The number of aryl methyl sites for hydroxylation is 1. The Morgan fingerprint density at radius 1 is 1.39 bits per heavy atom. The Kier molecular flexibility index (Phi) is 4.25. The van der Waals surface area contributed by atoms with E-state index in [1.807, 2.05) is 13.2 Å². The second-order valence-electron chi connectivity index (χ2n) is 5.60. The first-order chi connectivity index (χ1) is 8.22. The Hall–Kier alpha value is -0.650. The van der Waals surface area contributed by atoms with Gasteiger partial charge in [0.1, 0.15) is 0 Å². The van der Waals surface area contributed by atoms with Crippen LogP contribution >= 0.6 is 12.4 Å². The van der Waals surface area contributed by atoms with E-state index in [-0.39, 0.29) is 12.4 Å². The molecule has 2 heterocycles. The summed E-state index contributed by atoms with van der Waals surface area (Å²) < 4.78 is 1.77. The Morgan fingerprint density at radius 2 is 2.22 bits per heavy atom. The lowest BCUT2D eigenvalue weighted by Gasteiger charge is -2.29. The van der Waals surface area contributed by atoms with Crippen LogP contribution in [0.25, 0.3) is 0 Å². The summed E-state index contributed by atoms with van der Waals surface area (Å²) in [6.07, 6.45) is 5.87. The first-order valence-electron chi connectivity index (χ1n) is 6.55. The van der Waals surface area contributed by atoms with Crippen molar-refractivity contribution in [1.29, 1.82) is 0 Å². The molecular weight excluding hydrogens is 250 g/mol. The second kappa shape index (κ2) is 5.55. The zero-order chi connectivity index (χ0) is 11.8. The van der Waals surface area contributed by atoms with Crippen LogP contribution in [0.3, 0.4) is 0 Å². The molecule has 1 aliphatic heterocycles. The van der Waals surface area contributed by atoms with Gasteiger partial charge in [0.25, 0.3) is 0 Å². The molecule has 2 N–H and O–H groups in total. The first-order valence-corrected chi connectivity index (χ1v) is 6.55. The quantitative estimate of drug-likeness (QED) is 0.864. The molecule has 6 heteroatoms. The van der Waals surface area contributed by atoms with Crippen molar-refractivity contribution in [3.05, 3.63) is 11.9 Å². The van der Waals surface area contributed by atoms with Crippen LogP contribution < -0.4 is 5.73 Å². The van der Waals surface area contributed by atoms with Crippen molar-refractivity contribution in [2.45, 2.75) is 31.8 Å². The fourth-order valence-corrected chi connectivity index (χ4v) is 3.43. The predicted octanol–water partition coefficient (Wildman–Crippen LogP) is 0.796. The summed E-state index contributed by atoms with van der Waals surface area (Å²) in [6.45, 7) is 3.25. The van der Waals surface area contributed by atoms with Gasteiger partial charge in [-0.2, -0.15) is 0 Å². The van der Waals surface area contributed by atoms with Gasteiger partial charge < -0.3 is 5.73 Å². The number of nitrogens with two attached hydrogens (primary N) is 1. The van der Waals surface area contributed by atoms with E-state index in [4.69, 9.17) is 5.73 Å². The molecule has 2 fully saturated rings. The van der Waals surface area contributed by atoms with E-state index in [1.165, 1.54) is 25.8 Å². The standard InChI is InChI=1S/C12H21N5.ClH/c1-16-6-10(14-15-16)7-17-5-9-3-2-4-12(13)11(9)8-17;/h6,9,11-12H,2-5,7-8,13H2,1H3;1H. The Labute approximate surface area is 114 Å². The number of hydrogen-bond acceptors (Lipinski definition) is 4. The van der Waals surface area contributed by atoms with Crippen molar-refractivity contribution in [3.8, 4) is 0 Å². The molecule has 1 saturated carbocycles. The highest BCUT2D eigenvalue weighted by atomic mass is 35.5. The van der Waals surface area contributed by atoms with E-state index < -0.39 is 0 Å². The number of nitrogens with zero attached hydrogens (tertiary/aromatic N) is 4. The lowest BCUT2D eigenvalue weighted by Crippen LogP contribution is -2.38. The van der Waals surface area contributed by atoms with E-state index >= 15 is 0 Å². The molecule has 5 nitrogen and oxygen atoms in total. The van der Waals surface area contributed by atoms with E-state index in [1.54, 1.807) is 4.68 Å². The van der Waals surface area contributed by atoms with Crippen LogP contribution in [0.2, 0.25) is 0 Å². The van der Waals surface area contributed by atoms with Crippen LogP contribution in [0.1, 0.15) is 25.0 Å². The van der Waals surface area contributed by atoms with Crippen LogP contribution in [-0.2, 0) is 13.6 Å². The minimum absolute atomic E-state index is 0. The number of rotatable bonds is 2. The highest BCUT2D eigenvalue weighted by Gasteiger charge is 2.38. The van der Waals surface area contributed by atoms with Crippen LogP contribution in [0.5, 0.6) is 0 Å². The van der Waals surface area contributed by atoms with Gasteiger partial charge in [0, 0.05) is 38.9 Å². The monoisotopic (exact) mass is 271 g/mol. The minimum atomic E-state index is 0. The minimum Gasteiger partial charge on any atom is -0.327 e. The first kappa shape index (κ1) is 13.8. The van der Waals surface area contributed by atoms with Gasteiger partial charge in [-0.3, -0.25) is 9.58 Å². The largest absolute Gasteiger partial charge is 0.327 e. The molecule has 0 bridgehead atoms. The number of halogens is 1. The third-order valence-corrected chi connectivity index (χ3v) is 4.27. The molecule has 1 aromatic rings. The molecule has 102 valence electrons. The van der Waals surface area contributed by atoms with Crippen LogP contribution in [-0.4, -0.2) is 39.0 Å². The lowest BCUT2D eigenvalue weighted by atomic mass is 9.78. The van der Waals surface area contributed by atoms with Crippen molar-refractivity contribution in [2.24, 2.45) is 24.6 Å². The molecule has 1 aromatic heterocycles. The third-order valence-electron chi connectivity index (χ3n) is 4.27. The van der Waals surface area contributed by atoms with Crippen LogP contribution in [0, 0.1) is 11.8 Å². The molecule has 3 unspecified atom stereocenters. The zero-order valence-electron chi connectivity index (χ0n) is 10.8. The van der Waals surface area contributed by atoms with Gasteiger partial charge in [-0.1, -0.05) is 11.6 Å². The molecule has 2 aliphatic rings. The number of aromatic nitrogens is 3. The van der Waals surface area contributed by atoms with Gasteiger partial charge in [0.05, 0.1) is 5.69 Å². The maximum atomic E-state index is 6.22. The van der Waals surface area contributed by atoms with Crippen LogP contribution in [0.15, 0.2) is 6.20 Å². The average molecular weight is 272 g/mol. The summed E-state index contributed by atoms with van der Waals surface area (Å²) in [7, 11) is 1.91. The van der Waals surface area contributed by atoms with E-state index in [0.29, 0.717) is 12.0 Å². The molecule has 0 aromatic carbocycles. The lowest BCUT2D eigenvalue weighted by molar-refractivity contribution is 0.259. The molecule has 0 amide bonds. The summed E-state index contributed by atoms with van der Waals surface area (Å²) >= 11 is 0. The van der Waals surface area contributed by atoms with Gasteiger partial charge in [0.15, 0.2) is 0 Å². The molecule has 1 aliphatic carbocycles. The van der Waals surface area contributed by atoms with Gasteiger partial charge in [0.2, 0.25) is 0 Å². The smallest absolute Gasteiger partial charge is 0.0967 e. The van der Waals surface area contributed by atoms with Crippen molar-refractivity contribution >= 4 is 12.4 Å². The number of likely N-dealkylation sites (tertiary alicyclic amines) is 1. The predicted molar refractivity (Wildman–Crippen MR) is 72.3 cm³/mol. The van der Waals surface area contributed by atoms with E-state index in [0.717, 1.165) is 24.7 Å². The van der Waals surface area contributed by atoms with Crippen molar-refractivity contribution in [3.63, 3.8) is 0 Å². The summed E-state index contributed by atoms with van der Waals surface area (Å²) in [4.78, 5) is 2.49. The second-order valence-corrected chi connectivity index (χ2v) is 5.60. The molecule has 0 spiro atoms. The number of fused-ring (bicyclic) bond motifs is 1. The maximum Gasteiger partial charge on any atom is 0.0967 e. The fourth-order valence-electron chi connectivity index (χ4n) is 3.43. The molecular formula is C12H22ClN5. The highest BCUT2D eigenvalue weighted by Crippen LogP contribution is 2.35. The normalized spacial score (nSPS) is 32.0. The zero-order valence-corrected chi connectivity index (χ0v) is 11.6. The summed E-state index contributed by atoms with van der Waals surface area (Å²) in [5.41, 5.74) is 7.29. The summed E-state index contributed by atoms with van der Waals surface area (Å²) in [6, 6.07) is 0.417. The fraction of sp³-hybridized carbons (Fsp3) is 0.833. The highest BCUT2D eigenvalue weighted by molar-refractivity contribution is 5.85. The van der Waals surface area contributed by atoms with Gasteiger partial charge in [-0.05, 0) is 24.7 Å². The van der Waals surface area contributed by atoms with Crippen molar-refractivity contribution in [2.75, 3.05) is 13.1 Å². The van der Waals surface area contributed by atoms with E-state index in [2.05, 4.69) is 15.2 Å². The van der Waals surface area contributed by atoms with Gasteiger partial charge in [-0.15, -0.1) is 17.5 Å². The van der Waals surface area contributed by atoms with E-state index in [9.17, 15) is 0 Å². The summed E-state index contributed by atoms with van der Waals surface area (Å²) in [5, 5.41) is 8.14. The Bertz CT molecular complexity index is 394. The third kappa shape index (κ3) is 2.68. The average Bonchev–Trinajstić information content (AvgIpc) is 2.86. The Morgan fingerprint density at radius 3 is 2.89 bits per heavy atom. The summed E-state index contributed by atoms with van der Waals surface area (Å²) in [5.74, 6) is 1.52. The SMILES string of the molecule is Cl.Cn1cc(CN2CC3CCCC(N)C3C2)nn1.